The number of amides is 1. The highest BCUT2D eigenvalue weighted by molar-refractivity contribution is 6.10. The molecule has 0 spiro atoms. The molecule has 1 amide bonds. The first kappa shape index (κ1) is 14.4. The van der Waals surface area contributed by atoms with Crippen LogP contribution >= 0.6 is 0 Å². The molecule has 0 aliphatic heterocycles. The molecule has 0 bridgehead atoms. The van der Waals surface area contributed by atoms with Crippen LogP contribution < -0.4 is 10.2 Å². The van der Waals surface area contributed by atoms with E-state index in [9.17, 15) is 9.59 Å². The molecule has 2 N–H and O–H groups in total. The maximum atomic E-state index is 12.2. The van der Waals surface area contributed by atoms with Crippen molar-refractivity contribution in [2.45, 2.75) is 0 Å². The fraction of sp³-hybridized carbons (Fsp3) is 0.143. The first-order chi connectivity index (χ1) is 10.0. The molecule has 0 radical (unpaired) electrons. The standard InChI is InChI=1S/C14H14N4O3/c1-18(2)12-10(6-4-8-16-12)17-13(19)11-9(14(20)21)5-3-7-15-11/h3-8H,1-2H3,(H,17,19)(H,20,21). The van der Waals surface area contributed by atoms with Gasteiger partial charge in [0.15, 0.2) is 5.82 Å². The van der Waals surface area contributed by atoms with Crippen LogP contribution in [-0.4, -0.2) is 41.0 Å². The van der Waals surface area contributed by atoms with Crippen molar-refractivity contribution >= 4 is 23.4 Å². The molecular formula is C14H14N4O3. The third-order valence-electron chi connectivity index (χ3n) is 2.71. The molecule has 0 saturated carbocycles. The van der Waals surface area contributed by atoms with Gasteiger partial charge < -0.3 is 15.3 Å². The van der Waals surface area contributed by atoms with E-state index in [1.807, 2.05) is 0 Å². The molecular weight excluding hydrogens is 272 g/mol. The van der Waals surface area contributed by atoms with E-state index in [-0.39, 0.29) is 11.3 Å². The van der Waals surface area contributed by atoms with Crippen LogP contribution in [0.2, 0.25) is 0 Å². The second-order valence-corrected chi connectivity index (χ2v) is 4.43. The van der Waals surface area contributed by atoms with E-state index in [2.05, 4.69) is 15.3 Å². The van der Waals surface area contributed by atoms with Gasteiger partial charge in [-0.1, -0.05) is 0 Å². The minimum Gasteiger partial charge on any atom is -0.478 e. The van der Waals surface area contributed by atoms with Gasteiger partial charge in [0, 0.05) is 26.5 Å². The summed E-state index contributed by atoms with van der Waals surface area (Å²) in [6.45, 7) is 0. The lowest BCUT2D eigenvalue weighted by Crippen LogP contribution is -2.20. The average molecular weight is 286 g/mol. The molecule has 0 aromatic carbocycles. The Morgan fingerprint density at radius 2 is 1.81 bits per heavy atom. The maximum Gasteiger partial charge on any atom is 0.338 e. The Balaban J connectivity index is 2.33. The lowest BCUT2D eigenvalue weighted by Gasteiger charge is -2.16. The van der Waals surface area contributed by atoms with E-state index in [1.54, 1.807) is 37.3 Å². The predicted octanol–water partition coefficient (Wildman–Crippen LogP) is 1.49. The monoisotopic (exact) mass is 286 g/mol. The fourth-order valence-electron chi connectivity index (χ4n) is 1.79. The number of pyridine rings is 2. The number of hydrogen-bond donors (Lipinski definition) is 2. The number of anilines is 2. The average Bonchev–Trinajstić information content (AvgIpc) is 2.47. The molecule has 2 aromatic heterocycles. The minimum absolute atomic E-state index is 0.140. The van der Waals surface area contributed by atoms with Crippen molar-refractivity contribution in [2.75, 3.05) is 24.3 Å². The van der Waals surface area contributed by atoms with E-state index in [0.717, 1.165) is 0 Å². The second-order valence-electron chi connectivity index (χ2n) is 4.43. The zero-order valence-corrected chi connectivity index (χ0v) is 11.6. The smallest absolute Gasteiger partial charge is 0.338 e. The van der Waals surface area contributed by atoms with Gasteiger partial charge in [0.05, 0.1) is 11.3 Å². The summed E-state index contributed by atoms with van der Waals surface area (Å²) in [7, 11) is 3.59. The van der Waals surface area contributed by atoms with Crippen LogP contribution in [-0.2, 0) is 0 Å². The number of carbonyl (C=O) groups excluding carboxylic acids is 1. The van der Waals surface area contributed by atoms with Gasteiger partial charge in [0.1, 0.15) is 5.69 Å². The van der Waals surface area contributed by atoms with Crippen molar-refractivity contribution in [2.24, 2.45) is 0 Å². The summed E-state index contributed by atoms with van der Waals surface area (Å²) in [6, 6.07) is 6.17. The van der Waals surface area contributed by atoms with Crippen LogP contribution in [0.25, 0.3) is 0 Å². The number of nitrogens with zero attached hydrogens (tertiary/aromatic N) is 3. The van der Waals surface area contributed by atoms with Crippen molar-refractivity contribution in [1.82, 2.24) is 9.97 Å². The molecule has 7 nitrogen and oxygen atoms in total. The van der Waals surface area contributed by atoms with Gasteiger partial charge in [-0.15, -0.1) is 0 Å². The van der Waals surface area contributed by atoms with Crippen molar-refractivity contribution in [3.63, 3.8) is 0 Å². The van der Waals surface area contributed by atoms with Gasteiger partial charge in [-0.2, -0.15) is 0 Å². The molecule has 0 saturated heterocycles. The van der Waals surface area contributed by atoms with Crippen LogP contribution in [0.1, 0.15) is 20.8 Å². The number of carboxylic acids is 1. The van der Waals surface area contributed by atoms with E-state index in [4.69, 9.17) is 5.11 Å². The van der Waals surface area contributed by atoms with E-state index in [0.29, 0.717) is 11.5 Å². The normalized spacial score (nSPS) is 10.0. The van der Waals surface area contributed by atoms with Crippen LogP contribution in [0.4, 0.5) is 11.5 Å². The molecule has 0 aliphatic rings. The van der Waals surface area contributed by atoms with Gasteiger partial charge in [0.2, 0.25) is 0 Å². The van der Waals surface area contributed by atoms with Crippen LogP contribution in [0.15, 0.2) is 36.7 Å². The molecule has 2 rings (SSSR count). The fourth-order valence-corrected chi connectivity index (χ4v) is 1.79. The summed E-state index contributed by atoms with van der Waals surface area (Å²) < 4.78 is 0. The third kappa shape index (κ3) is 3.14. The summed E-state index contributed by atoms with van der Waals surface area (Å²) in [5, 5.41) is 11.7. The summed E-state index contributed by atoms with van der Waals surface area (Å²) in [6.07, 6.45) is 2.98. The van der Waals surface area contributed by atoms with Gasteiger partial charge in [0.25, 0.3) is 5.91 Å². The van der Waals surface area contributed by atoms with E-state index >= 15 is 0 Å². The van der Waals surface area contributed by atoms with Crippen LogP contribution in [0.3, 0.4) is 0 Å². The number of aromatic carboxylic acids is 1. The lowest BCUT2D eigenvalue weighted by atomic mass is 10.2. The van der Waals surface area contributed by atoms with Crippen molar-refractivity contribution in [1.29, 1.82) is 0 Å². The minimum atomic E-state index is -1.20. The highest BCUT2D eigenvalue weighted by Gasteiger charge is 2.19. The number of hydrogen-bond acceptors (Lipinski definition) is 5. The molecule has 7 heteroatoms. The van der Waals surface area contributed by atoms with Crippen LogP contribution in [0, 0.1) is 0 Å². The van der Waals surface area contributed by atoms with Gasteiger partial charge >= 0.3 is 5.97 Å². The Labute approximate surface area is 121 Å². The first-order valence-electron chi connectivity index (χ1n) is 6.12. The maximum absolute atomic E-state index is 12.2. The van der Waals surface area contributed by atoms with Crippen molar-refractivity contribution in [3.8, 4) is 0 Å². The molecule has 0 fully saturated rings. The Hall–Kier alpha value is -2.96. The number of rotatable bonds is 4. The second kappa shape index (κ2) is 6.00. The summed E-state index contributed by atoms with van der Waals surface area (Å²) >= 11 is 0. The zero-order chi connectivity index (χ0) is 15.4. The van der Waals surface area contributed by atoms with Crippen molar-refractivity contribution < 1.29 is 14.7 Å². The first-order valence-corrected chi connectivity index (χ1v) is 6.12. The topological polar surface area (TPSA) is 95.4 Å². The predicted molar refractivity (Wildman–Crippen MR) is 77.7 cm³/mol. The zero-order valence-electron chi connectivity index (χ0n) is 11.6. The SMILES string of the molecule is CN(C)c1ncccc1NC(=O)c1ncccc1C(=O)O. The van der Waals surface area contributed by atoms with E-state index in [1.165, 1.54) is 18.3 Å². The number of nitrogens with one attached hydrogen (secondary N) is 1. The molecule has 0 atom stereocenters. The lowest BCUT2D eigenvalue weighted by molar-refractivity contribution is 0.0691. The Bertz CT molecular complexity index is 685. The molecule has 0 unspecified atom stereocenters. The number of carbonyl (C=O) groups is 2. The van der Waals surface area contributed by atoms with Gasteiger partial charge in [-0.05, 0) is 24.3 Å². The van der Waals surface area contributed by atoms with Gasteiger partial charge in [-0.25, -0.2) is 9.78 Å². The quantitative estimate of drug-likeness (QED) is 0.884. The largest absolute Gasteiger partial charge is 0.478 e. The summed E-state index contributed by atoms with van der Waals surface area (Å²) in [5.41, 5.74) is 0.193. The van der Waals surface area contributed by atoms with Crippen LogP contribution in [0.5, 0.6) is 0 Å². The Morgan fingerprint density at radius 3 is 2.48 bits per heavy atom. The molecule has 0 aliphatic carbocycles. The van der Waals surface area contributed by atoms with E-state index < -0.39 is 11.9 Å². The molecule has 2 aromatic rings. The molecule has 2 heterocycles. The van der Waals surface area contributed by atoms with Gasteiger partial charge in [-0.3, -0.25) is 9.78 Å². The summed E-state index contributed by atoms with van der Waals surface area (Å²) in [4.78, 5) is 33.1. The highest BCUT2D eigenvalue weighted by Crippen LogP contribution is 2.21. The third-order valence-corrected chi connectivity index (χ3v) is 2.71. The Morgan fingerprint density at radius 1 is 1.14 bits per heavy atom. The van der Waals surface area contributed by atoms with Crippen molar-refractivity contribution in [3.05, 3.63) is 47.9 Å². The Kier molecular flexibility index (Phi) is 4.13. The molecule has 108 valence electrons. The number of aromatic nitrogens is 2. The number of carboxylic acid groups (broad SMARTS) is 1. The highest BCUT2D eigenvalue weighted by atomic mass is 16.4. The summed E-state index contributed by atoms with van der Waals surface area (Å²) in [5.74, 6) is -1.23. The molecule has 21 heavy (non-hydrogen) atoms.